The summed E-state index contributed by atoms with van der Waals surface area (Å²) < 4.78 is 23.1. The van der Waals surface area contributed by atoms with Crippen molar-refractivity contribution in [3.05, 3.63) is 34.9 Å². The van der Waals surface area contributed by atoms with Gasteiger partial charge in [0.1, 0.15) is 0 Å². The summed E-state index contributed by atoms with van der Waals surface area (Å²) in [7, 11) is -1.21. The number of rotatable bonds is 4. The van der Waals surface area contributed by atoms with Gasteiger partial charge >= 0.3 is 0 Å². The molecule has 1 aromatic carbocycles. The molecule has 0 aliphatic carbocycles. The van der Waals surface area contributed by atoms with Crippen LogP contribution in [0.2, 0.25) is 5.02 Å². The summed E-state index contributed by atoms with van der Waals surface area (Å²) in [5, 5.41) is 7.20. The van der Waals surface area contributed by atoms with Gasteiger partial charge in [0.05, 0.1) is 11.5 Å². The van der Waals surface area contributed by atoms with E-state index in [-0.39, 0.29) is 46.9 Å². The molecule has 136 valence electrons. The van der Waals surface area contributed by atoms with Gasteiger partial charge in [-0.2, -0.15) is 0 Å². The third kappa shape index (κ3) is 6.07. The quantitative estimate of drug-likeness (QED) is 0.391. The van der Waals surface area contributed by atoms with Gasteiger partial charge in [-0.15, -0.1) is 24.0 Å². The van der Waals surface area contributed by atoms with E-state index < -0.39 is 9.84 Å². The number of guanidine groups is 1. The van der Waals surface area contributed by atoms with Gasteiger partial charge in [-0.3, -0.25) is 4.99 Å². The molecule has 5 nitrogen and oxygen atoms in total. The maximum absolute atomic E-state index is 11.5. The summed E-state index contributed by atoms with van der Waals surface area (Å²) in [5.74, 6) is 1.06. The number of benzene rings is 1. The number of nitrogens with zero attached hydrogens (tertiary/aromatic N) is 1. The molecule has 24 heavy (non-hydrogen) atoms. The number of hydrogen-bond donors (Lipinski definition) is 2. The fraction of sp³-hybridized carbons (Fsp3) is 0.562. The smallest absolute Gasteiger partial charge is 0.191 e. The van der Waals surface area contributed by atoms with Gasteiger partial charge in [-0.1, -0.05) is 37.6 Å². The summed E-state index contributed by atoms with van der Waals surface area (Å²) in [4.78, 5) is 4.19. The van der Waals surface area contributed by atoms with Crippen molar-refractivity contribution >= 4 is 51.4 Å². The Morgan fingerprint density at radius 1 is 1.33 bits per heavy atom. The van der Waals surface area contributed by atoms with Crippen molar-refractivity contribution in [2.45, 2.75) is 31.7 Å². The van der Waals surface area contributed by atoms with Crippen LogP contribution >= 0.6 is 35.6 Å². The first kappa shape index (κ1) is 21.5. The molecule has 1 atom stereocenters. The number of aliphatic imine (C=N–C) groups is 1. The monoisotopic (exact) mass is 485 g/mol. The topological polar surface area (TPSA) is 70.6 Å². The van der Waals surface area contributed by atoms with Gasteiger partial charge in [0.2, 0.25) is 0 Å². The van der Waals surface area contributed by atoms with Crippen molar-refractivity contribution in [3.63, 3.8) is 0 Å². The van der Waals surface area contributed by atoms with Crippen molar-refractivity contribution in [2.75, 3.05) is 25.1 Å². The van der Waals surface area contributed by atoms with Gasteiger partial charge in [-0.05, 0) is 24.1 Å². The van der Waals surface area contributed by atoms with E-state index in [2.05, 4.69) is 29.5 Å². The van der Waals surface area contributed by atoms with Crippen LogP contribution in [-0.2, 0) is 15.3 Å². The molecular weight excluding hydrogens is 461 g/mol. The lowest BCUT2D eigenvalue weighted by Crippen LogP contribution is -2.47. The maximum atomic E-state index is 11.5. The first-order valence-electron chi connectivity index (χ1n) is 7.65. The van der Waals surface area contributed by atoms with Crippen LogP contribution in [0.25, 0.3) is 0 Å². The predicted octanol–water partition coefficient (Wildman–Crippen LogP) is 2.59. The highest BCUT2D eigenvalue weighted by Crippen LogP contribution is 2.23. The molecule has 0 bridgehead atoms. The highest BCUT2D eigenvalue weighted by Gasteiger charge is 2.29. The Morgan fingerprint density at radius 3 is 2.46 bits per heavy atom. The normalized spacial score (nSPS) is 20.3. The summed E-state index contributed by atoms with van der Waals surface area (Å²) >= 11 is 5.94. The van der Waals surface area contributed by atoms with Crippen molar-refractivity contribution < 1.29 is 8.42 Å². The zero-order chi connectivity index (χ0) is 17.1. The minimum atomic E-state index is -2.90. The first-order chi connectivity index (χ1) is 10.7. The van der Waals surface area contributed by atoms with Crippen LogP contribution in [0.3, 0.4) is 0 Å². The molecule has 0 saturated carbocycles. The van der Waals surface area contributed by atoms with E-state index >= 15 is 0 Å². The van der Waals surface area contributed by atoms with Crippen LogP contribution in [0.15, 0.2) is 29.3 Å². The summed E-state index contributed by atoms with van der Waals surface area (Å²) in [6, 6.07) is 7.74. The van der Waals surface area contributed by atoms with E-state index in [1.807, 2.05) is 24.3 Å². The van der Waals surface area contributed by atoms with E-state index in [9.17, 15) is 8.42 Å². The van der Waals surface area contributed by atoms with Gasteiger partial charge in [0.15, 0.2) is 15.8 Å². The molecule has 2 rings (SSSR count). The average Bonchev–Trinajstić information content (AvgIpc) is 2.83. The maximum Gasteiger partial charge on any atom is 0.191 e. The summed E-state index contributed by atoms with van der Waals surface area (Å²) in [6.45, 7) is 4.95. The number of nitrogens with one attached hydrogen (secondary N) is 2. The second-order valence-corrected chi connectivity index (χ2v) is 9.23. The van der Waals surface area contributed by atoms with Crippen LogP contribution in [0.4, 0.5) is 0 Å². The Hall–Kier alpha value is -0.540. The molecule has 1 unspecified atom stereocenters. The zero-order valence-corrected chi connectivity index (χ0v) is 18.1. The SMILES string of the molecule is CN=C(NCC(C)(C)c1ccc(Cl)cc1)NC1CCS(=O)(=O)C1.I. The second kappa shape index (κ2) is 8.71. The van der Waals surface area contributed by atoms with Gasteiger partial charge in [0, 0.05) is 30.1 Å². The second-order valence-electron chi connectivity index (χ2n) is 6.56. The molecule has 0 spiro atoms. The fourth-order valence-corrected chi connectivity index (χ4v) is 4.40. The van der Waals surface area contributed by atoms with Crippen LogP contribution in [-0.4, -0.2) is 45.5 Å². The van der Waals surface area contributed by atoms with E-state index in [1.165, 1.54) is 5.56 Å². The van der Waals surface area contributed by atoms with Crippen molar-refractivity contribution in [1.29, 1.82) is 0 Å². The van der Waals surface area contributed by atoms with E-state index in [0.29, 0.717) is 18.9 Å². The molecule has 1 heterocycles. The van der Waals surface area contributed by atoms with Crippen molar-refractivity contribution in [2.24, 2.45) is 4.99 Å². The predicted molar refractivity (Wildman–Crippen MR) is 111 cm³/mol. The summed E-state index contributed by atoms with van der Waals surface area (Å²) in [5.41, 5.74) is 1.07. The standard InChI is InChI=1S/C16H24ClN3O2S.HI/c1-16(2,12-4-6-13(17)7-5-12)11-19-15(18-3)20-14-8-9-23(21,22)10-14;/h4-7,14H,8-11H2,1-3H3,(H2,18,19,20);1H. The highest BCUT2D eigenvalue weighted by atomic mass is 127. The molecule has 0 amide bonds. The van der Waals surface area contributed by atoms with Crippen LogP contribution in [0, 0.1) is 0 Å². The Balaban J connectivity index is 0.00000288. The third-order valence-electron chi connectivity index (χ3n) is 4.12. The Labute approximate surface area is 166 Å². The molecule has 1 fully saturated rings. The molecular formula is C16H25ClIN3O2S. The molecule has 8 heteroatoms. The minimum absolute atomic E-state index is 0. The molecule has 0 radical (unpaired) electrons. The lowest BCUT2D eigenvalue weighted by atomic mass is 9.85. The molecule has 1 aliphatic rings. The van der Waals surface area contributed by atoms with Gasteiger partial charge < -0.3 is 10.6 Å². The van der Waals surface area contributed by atoms with E-state index in [1.54, 1.807) is 7.05 Å². The fourth-order valence-electron chi connectivity index (χ4n) is 2.60. The molecule has 1 saturated heterocycles. The average molecular weight is 486 g/mol. The molecule has 2 N–H and O–H groups in total. The summed E-state index contributed by atoms with van der Waals surface area (Å²) in [6.07, 6.45) is 0.629. The van der Waals surface area contributed by atoms with Crippen LogP contribution < -0.4 is 10.6 Å². The molecule has 1 aliphatic heterocycles. The van der Waals surface area contributed by atoms with E-state index in [0.717, 1.165) is 5.02 Å². The highest BCUT2D eigenvalue weighted by molar-refractivity contribution is 14.0. The van der Waals surface area contributed by atoms with Crippen molar-refractivity contribution in [1.82, 2.24) is 10.6 Å². The van der Waals surface area contributed by atoms with Crippen LogP contribution in [0.1, 0.15) is 25.8 Å². The lowest BCUT2D eigenvalue weighted by molar-refractivity contribution is 0.505. The Kier molecular flexibility index (Phi) is 7.80. The Morgan fingerprint density at radius 2 is 1.96 bits per heavy atom. The zero-order valence-electron chi connectivity index (χ0n) is 14.2. The van der Waals surface area contributed by atoms with Gasteiger partial charge in [0.25, 0.3) is 0 Å². The third-order valence-corrected chi connectivity index (χ3v) is 6.14. The van der Waals surface area contributed by atoms with Gasteiger partial charge in [-0.25, -0.2) is 8.42 Å². The first-order valence-corrected chi connectivity index (χ1v) is 9.85. The number of hydrogen-bond acceptors (Lipinski definition) is 3. The largest absolute Gasteiger partial charge is 0.356 e. The van der Waals surface area contributed by atoms with Crippen LogP contribution in [0.5, 0.6) is 0 Å². The Bertz CT molecular complexity index is 675. The number of sulfone groups is 1. The molecule has 1 aromatic rings. The number of halogens is 2. The lowest BCUT2D eigenvalue weighted by Gasteiger charge is -2.27. The molecule has 0 aromatic heterocycles. The minimum Gasteiger partial charge on any atom is -0.356 e. The van der Waals surface area contributed by atoms with E-state index in [4.69, 9.17) is 11.6 Å². The van der Waals surface area contributed by atoms with Crippen molar-refractivity contribution in [3.8, 4) is 0 Å².